The number of pyridine rings is 1. The molecule has 0 spiro atoms. The van der Waals surface area contributed by atoms with Gasteiger partial charge in [0.05, 0.1) is 29.3 Å². The van der Waals surface area contributed by atoms with E-state index in [-0.39, 0.29) is 12.6 Å². The fourth-order valence-corrected chi connectivity index (χ4v) is 5.64. The molecule has 4 rings (SSSR count). The van der Waals surface area contributed by atoms with E-state index >= 15 is 0 Å². The van der Waals surface area contributed by atoms with E-state index in [1.54, 1.807) is 46.1 Å². The van der Waals surface area contributed by atoms with Crippen LogP contribution in [0.1, 0.15) is 111 Å². The number of fused-ring (bicyclic) bond motifs is 2. The second-order valence-electron chi connectivity index (χ2n) is 15.1. The number of benzene rings is 1. The molecule has 2 heterocycles. The molecule has 3 aromatic rings. The average Bonchev–Trinajstić information content (AvgIpc) is 3.31. The van der Waals surface area contributed by atoms with Crippen LogP contribution in [0.25, 0.3) is 11.0 Å². The first kappa shape index (κ1) is 35.9. The summed E-state index contributed by atoms with van der Waals surface area (Å²) >= 11 is 0. The Morgan fingerprint density at radius 1 is 0.830 bits per heavy atom. The number of amides is 2. The standard InChI is InChI=1S/C36H51N5O6/c1-34(2,3)45-31(42)40(32(43)46-35(4,5)6)23-13-12-22-39(28-20-14-16-25-17-15-21-37-30(25)28)24-29-38-26-18-10-11-19-27(26)41(29)33(44)47-36(7,8)9/h10-11,15,17-19,21,28H,12-14,16,20,22-24H2,1-9H3. The Bertz CT molecular complexity index is 1530. The third-order valence-corrected chi connectivity index (χ3v) is 7.46. The highest BCUT2D eigenvalue weighted by molar-refractivity contribution is 5.88. The molecule has 0 bridgehead atoms. The summed E-state index contributed by atoms with van der Waals surface area (Å²) < 4.78 is 18.5. The second-order valence-corrected chi connectivity index (χ2v) is 15.1. The maximum Gasteiger partial charge on any atom is 0.420 e. The third-order valence-electron chi connectivity index (χ3n) is 7.46. The summed E-state index contributed by atoms with van der Waals surface area (Å²) in [6.07, 6.45) is 3.91. The summed E-state index contributed by atoms with van der Waals surface area (Å²) in [5.41, 5.74) is 1.42. The third kappa shape index (κ3) is 10.00. The lowest BCUT2D eigenvalue weighted by Gasteiger charge is -2.35. The van der Waals surface area contributed by atoms with Crippen molar-refractivity contribution in [2.24, 2.45) is 0 Å². The Morgan fingerprint density at radius 3 is 2.09 bits per heavy atom. The SMILES string of the molecule is CC(C)(C)OC(=O)N(CCCCN(Cc1nc2ccccc2n1C(=O)OC(C)(C)C)C1CCCc2cccnc21)C(=O)OC(C)(C)C. The Kier molecular flexibility index (Phi) is 11.0. The van der Waals surface area contributed by atoms with Crippen molar-refractivity contribution in [3.63, 3.8) is 0 Å². The smallest absolute Gasteiger partial charge is 0.420 e. The fraction of sp³-hybridized carbons (Fsp3) is 0.583. The molecule has 1 aromatic carbocycles. The molecular weight excluding hydrogens is 598 g/mol. The highest BCUT2D eigenvalue weighted by atomic mass is 16.6. The van der Waals surface area contributed by atoms with E-state index in [1.165, 1.54) is 5.56 Å². The second kappa shape index (κ2) is 14.4. The van der Waals surface area contributed by atoms with E-state index in [9.17, 15) is 14.4 Å². The predicted molar refractivity (Wildman–Crippen MR) is 180 cm³/mol. The number of para-hydroxylation sites is 2. The number of nitrogens with zero attached hydrogens (tertiary/aromatic N) is 5. The molecule has 256 valence electrons. The van der Waals surface area contributed by atoms with Gasteiger partial charge in [0.15, 0.2) is 0 Å². The number of aromatic nitrogens is 3. The molecule has 0 N–H and O–H groups in total. The minimum absolute atomic E-state index is 0.000312. The number of imidazole rings is 1. The molecule has 0 saturated carbocycles. The predicted octanol–water partition coefficient (Wildman–Crippen LogP) is 8.05. The molecule has 0 saturated heterocycles. The molecule has 1 aliphatic rings. The van der Waals surface area contributed by atoms with E-state index in [4.69, 9.17) is 24.2 Å². The number of aryl methyl sites for hydroxylation is 1. The van der Waals surface area contributed by atoms with Crippen LogP contribution in [0.2, 0.25) is 0 Å². The van der Waals surface area contributed by atoms with Crippen LogP contribution in [0.4, 0.5) is 14.4 Å². The summed E-state index contributed by atoms with van der Waals surface area (Å²) in [5.74, 6) is 0.577. The van der Waals surface area contributed by atoms with Gasteiger partial charge in [0.2, 0.25) is 0 Å². The van der Waals surface area contributed by atoms with Gasteiger partial charge in [-0.1, -0.05) is 18.2 Å². The van der Waals surface area contributed by atoms with Crippen molar-refractivity contribution in [1.82, 2.24) is 24.3 Å². The Morgan fingerprint density at radius 2 is 1.45 bits per heavy atom. The molecule has 1 unspecified atom stereocenters. The first-order valence-electron chi connectivity index (χ1n) is 16.5. The van der Waals surface area contributed by atoms with E-state index in [2.05, 4.69) is 11.0 Å². The first-order valence-corrected chi connectivity index (χ1v) is 16.5. The number of hydrogen-bond acceptors (Lipinski definition) is 9. The van der Waals surface area contributed by atoms with E-state index in [1.807, 2.05) is 57.3 Å². The molecule has 1 atom stereocenters. The van der Waals surface area contributed by atoms with Gasteiger partial charge in [0, 0.05) is 12.7 Å². The number of imide groups is 1. The highest BCUT2D eigenvalue weighted by Gasteiger charge is 2.33. The van der Waals surface area contributed by atoms with Gasteiger partial charge in [-0.2, -0.15) is 0 Å². The zero-order valence-electron chi connectivity index (χ0n) is 29.5. The van der Waals surface area contributed by atoms with E-state index < -0.39 is 35.1 Å². The Balaban J connectivity index is 1.61. The first-order chi connectivity index (χ1) is 21.9. The normalized spacial score (nSPS) is 15.3. The molecule has 47 heavy (non-hydrogen) atoms. The van der Waals surface area contributed by atoms with Crippen molar-refractivity contribution >= 4 is 29.3 Å². The molecule has 0 aliphatic heterocycles. The van der Waals surface area contributed by atoms with Crippen LogP contribution < -0.4 is 0 Å². The van der Waals surface area contributed by atoms with E-state index in [0.29, 0.717) is 42.8 Å². The van der Waals surface area contributed by atoms with E-state index in [0.717, 1.165) is 29.9 Å². The van der Waals surface area contributed by atoms with Gasteiger partial charge < -0.3 is 14.2 Å². The van der Waals surface area contributed by atoms with Crippen molar-refractivity contribution in [1.29, 1.82) is 0 Å². The zero-order chi connectivity index (χ0) is 34.6. The highest BCUT2D eigenvalue weighted by Crippen LogP contribution is 2.34. The van der Waals surface area contributed by atoms with Gasteiger partial charge in [-0.25, -0.2) is 28.8 Å². The fourth-order valence-electron chi connectivity index (χ4n) is 5.64. The topological polar surface area (TPSA) is 116 Å². The summed E-state index contributed by atoms with van der Waals surface area (Å²) in [6.45, 7) is 17.2. The van der Waals surface area contributed by atoms with Crippen LogP contribution in [0.3, 0.4) is 0 Å². The maximum atomic E-state index is 13.6. The van der Waals surface area contributed by atoms with Crippen molar-refractivity contribution in [2.75, 3.05) is 13.1 Å². The van der Waals surface area contributed by atoms with Crippen molar-refractivity contribution in [3.8, 4) is 0 Å². The lowest BCUT2D eigenvalue weighted by molar-refractivity contribution is 0.000978. The van der Waals surface area contributed by atoms with Crippen LogP contribution in [-0.4, -0.2) is 72.5 Å². The molecule has 0 fully saturated rings. The molecule has 1 aliphatic carbocycles. The summed E-state index contributed by atoms with van der Waals surface area (Å²) in [5, 5.41) is 0. The quantitative estimate of drug-likeness (QED) is 0.177. The van der Waals surface area contributed by atoms with Gasteiger partial charge >= 0.3 is 18.3 Å². The number of carbonyl (C=O) groups is 3. The van der Waals surface area contributed by atoms with Crippen LogP contribution in [0.15, 0.2) is 42.6 Å². The molecule has 11 nitrogen and oxygen atoms in total. The molecule has 11 heteroatoms. The average molecular weight is 650 g/mol. The van der Waals surface area contributed by atoms with Crippen LogP contribution in [0, 0.1) is 0 Å². The van der Waals surface area contributed by atoms with Gasteiger partial charge in [-0.05, 0) is 125 Å². The maximum absolute atomic E-state index is 13.6. The lowest BCUT2D eigenvalue weighted by atomic mass is 9.90. The molecule has 2 amide bonds. The van der Waals surface area contributed by atoms with Crippen molar-refractivity contribution in [3.05, 3.63) is 59.7 Å². The monoisotopic (exact) mass is 649 g/mol. The number of unbranched alkanes of at least 4 members (excludes halogenated alkanes) is 1. The van der Waals surface area contributed by atoms with Gasteiger partial charge in [0.25, 0.3) is 0 Å². The number of carbonyl (C=O) groups excluding carboxylic acids is 3. The number of hydrogen-bond donors (Lipinski definition) is 0. The summed E-state index contributed by atoms with van der Waals surface area (Å²) in [4.78, 5) is 52.7. The lowest BCUT2D eigenvalue weighted by Crippen LogP contribution is -2.44. The Labute approximate surface area is 278 Å². The molecule has 0 radical (unpaired) electrons. The molecule has 2 aromatic heterocycles. The number of rotatable bonds is 8. The summed E-state index contributed by atoms with van der Waals surface area (Å²) in [6, 6.07) is 11.6. The van der Waals surface area contributed by atoms with Crippen molar-refractivity contribution in [2.45, 2.75) is 124 Å². The number of ether oxygens (including phenoxy) is 3. The van der Waals surface area contributed by atoms with Gasteiger partial charge in [-0.15, -0.1) is 0 Å². The zero-order valence-corrected chi connectivity index (χ0v) is 29.5. The van der Waals surface area contributed by atoms with Crippen LogP contribution in [-0.2, 0) is 27.2 Å². The van der Waals surface area contributed by atoms with Gasteiger partial charge in [-0.3, -0.25) is 9.88 Å². The van der Waals surface area contributed by atoms with Gasteiger partial charge in [0.1, 0.15) is 22.6 Å². The van der Waals surface area contributed by atoms with Crippen LogP contribution >= 0.6 is 0 Å². The largest absolute Gasteiger partial charge is 0.443 e. The Hall–Kier alpha value is -3.99. The van der Waals surface area contributed by atoms with Crippen LogP contribution in [0.5, 0.6) is 0 Å². The molecular formula is C36H51N5O6. The minimum Gasteiger partial charge on any atom is -0.443 e. The van der Waals surface area contributed by atoms with Crippen molar-refractivity contribution < 1.29 is 28.6 Å². The minimum atomic E-state index is -0.769. The summed E-state index contributed by atoms with van der Waals surface area (Å²) in [7, 11) is 0.